The molecular weight excluding hydrogens is 338 g/mol. The Kier molecular flexibility index (Phi) is 4.76. The van der Waals surface area contributed by atoms with Crippen LogP contribution in [0.2, 0.25) is 0 Å². The third-order valence-corrected chi connectivity index (χ3v) is 6.14. The number of carbonyl (C=O) groups is 1. The fourth-order valence-electron chi connectivity index (χ4n) is 2.75. The highest BCUT2D eigenvalue weighted by atomic mass is 32.2. The molecule has 132 valence electrons. The van der Waals surface area contributed by atoms with E-state index in [1.807, 2.05) is 25.1 Å². The number of nitrogens with one attached hydrogen (secondary N) is 2. The van der Waals surface area contributed by atoms with Crippen LogP contribution >= 0.6 is 0 Å². The normalized spacial score (nSPS) is 18.7. The third kappa shape index (κ3) is 4.36. The van der Waals surface area contributed by atoms with Crippen molar-refractivity contribution in [3.05, 3.63) is 53.2 Å². The molecule has 1 aromatic heterocycles. The van der Waals surface area contributed by atoms with Crippen LogP contribution in [-0.2, 0) is 9.84 Å². The summed E-state index contributed by atoms with van der Waals surface area (Å²) in [5, 5.41) is 5.95. The van der Waals surface area contributed by atoms with Crippen molar-refractivity contribution in [3.8, 4) is 0 Å². The zero-order valence-electron chi connectivity index (χ0n) is 14.2. The first-order valence-corrected chi connectivity index (χ1v) is 9.96. The summed E-state index contributed by atoms with van der Waals surface area (Å²) in [5.41, 5.74) is 3.76. The van der Waals surface area contributed by atoms with Crippen LogP contribution in [0.5, 0.6) is 0 Å². The van der Waals surface area contributed by atoms with E-state index < -0.39 is 9.84 Å². The minimum Gasteiger partial charge on any atom is -0.348 e. The Bertz CT molecular complexity index is 892. The highest BCUT2D eigenvalue weighted by Crippen LogP contribution is 2.18. The van der Waals surface area contributed by atoms with Gasteiger partial charge in [0.15, 0.2) is 9.84 Å². The Balaban J connectivity index is 1.63. The molecule has 0 radical (unpaired) electrons. The maximum atomic E-state index is 12.2. The summed E-state index contributed by atoms with van der Waals surface area (Å²) < 4.78 is 22.9. The van der Waals surface area contributed by atoms with E-state index in [0.717, 1.165) is 5.69 Å². The number of carbonyl (C=O) groups excluding carboxylic acids is 1. The van der Waals surface area contributed by atoms with E-state index in [1.54, 1.807) is 12.1 Å². The molecule has 1 unspecified atom stereocenters. The zero-order chi connectivity index (χ0) is 18.0. The van der Waals surface area contributed by atoms with Crippen LogP contribution in [0.15, 0.2) is 36.5 Å². The topological polar surface area (TPSA) is 88.2 Å². The average Bonchev–Trinajstić information content (AvgIpc) is 2.90. The molecule has 6 nitrogen and oxygen atoms in total. The van der Waals surface area contributed by atoms with Crippen LogP contribution in [0.1, 0.15) is 27.9 Å². The largest absolute Gasteiger partial charge is 0.348 e. The first kappa shape index (κ1) is 17.4. The van der Waals surface area contributed by atoms with Gasteiger partial charge in [-0.15, -0.1) is 0 Å². The van der Waals surface area contributed by atoms with Gasteiger partial charge in [-0.2, -0.15) is 0 Å². The van der Waals surface area contributed by atoms with Gasteiger partial charge in [0, 0.05) is 17.9 Å². The maximum Gasteiger partial charge on any atom is 0.253 e. The lowest BCUT2D eigenvalue weighted by Gasteiger charge is -2.11. The minimum atomic E-state index is -3.01. The van der Waals surface area contributed by atoms with Crippen molar-refractivity contribution in [2.75, 3.05) is 16.8 Å². The molecule has 2 N–H and O–H groups in total. The highest BCUT2D eigenvalue weighted by Gasteiger charge is 2.29. The van der Waals surface area contributed by atoms with Crippen LogP contribution in [-0.4, -0.2) is 36.9 Å². The summed E-state index contributed by atoms with van der Waals surface area (Å²) in [4.78, 5) is 16.5. The molecule has 1 aliphatic rings. The van der Waals surface area contributed by atoms with Crippen LogP contribution in [0.3, 0.4) is 0 Å². The number of nitrogens with zero attached hydrogens (tertiary/aromatic N) is 1. The van der Waals surface area contributed by atoms with Gasteiger partial charge in [0.05, 0.1) is 17.1 Å². The predicted molar refractivity (Wildman–Crippen MR) is 98.0 cm³/mol. The number of anilines is 2. The lowest BCUT2D eigenvalue weighted by Crippen LogP contribution is -2.35. The van der Waals surface area contributed by atoms with Crippen molar-refractivity contribution >= 4 is 27.2 Å². The van der Waals surface area contributed by atoms with E-state index >= 15 is 0 Å². The standard InChI is InChI=1S/C18H21N3O3S/c1-12-3-5-15(9-13(12)2)20-17-6-4-14(10-19-17)18(22)21-16-7-8-25(23,24)11-16/h3-6,9-10,16H,7-8,11H2,1-2H3,(H,19,20)(H,21,22). The van der Waals surface area contributed by atoms with Gasteiger partial charge >= 0.3 is 0 Å². The second kappa shape index (κ2) is 6.84. The molecule has 0 spiro atoms. The molecule has 1 atom stereocenters. The Labute approximate surface area is 147 Å². The summed E-state index contributed by atoms with van der Waals surface area (Å²) in [6.07, 6.45) is 1.95. The maximum absolute atomic E-state index is 12.2. The average molecular weight is 359 g/mol. The first-order valence-electron chi connectivity index (χ1n) is 8.14. The van der Waals surface area contributed by atoms with Crippen LogP contribution in [0.25, 0.3) is 0 Å². The Morgan fingerprint density at radius 1 is 1.16 bits per heavy atom. The second-order valence-electron chi connectivity index (χ2n) is 6.43. The van der Waals surface area contributed by atoms with Crippen molar-refractivity contribution < 1.29 is 13.2 Å². The van der Waals surface area contributed by atoms with Crippen LogP contribution < -0.4 is 10.6 Å². The number of aryl methyl sites for hydroxylation is 2. The number of benzene rings is 1. The summed E-state index contributed by atoms with van der Waals surface area (Å²) >= 11 is 0. The van der Waals surface area contributed by atoms with Gasteiger partial charge in [0.2, 0.25) is 0 Å². The highest BCUT2D eigenvalue weighted by molar-refractivity contribution is 7.91. The molecule has 1 aromatic carbocycles. The number of aromatic nitrogens is 1. The van der Waals surface area contributed by atoms with E-state index in [2.05, 4.69) is 22.5 Å². The molecule has 2 aromatic rings. The lowest BCUT2D eigenvalue weighted by atomic mass is 10.1. The second-order valence-corrected chi connectivity index (χ2v) is 8.66. The van der Waals surface area contributed by atoms with Gasteiger partial charge in [-0.05, 0) is 55.7 Å². The van der Waals surface area contributed by atoms with E-state index in [0.29, 0.717) is 17.8 Å². The van der Waals surface area contributed by atoms with Crippen molar-refractivity contribution in [1.29, 1.82) is 0 Å². The molecule has 0 aliphatic carbocycles. The molecule has 2 heterocycles. The number of hydrogen-bond acceptors (Lipinski definition) is 5. The molecule has 3 rings (SSSR count). The molecule has 25 heavy (non-hydrogen) atoms. The van der Waals surface area contributed by atoms with E-state index in [-0.39, 0.29) is 23.5 Å². The van der Waals surface area contributed by atoms with Crippen molar-refractivity contribution in [2.45, 2.75) is 26.3 Å². The van der Waals surface area contributed by atoms with Gasteiger partial charge in [-0.1, -0.05) is 6.07 Å². The predicted octanol–water partition coefficient (Wildman–Crippen LogP) is 2.36. The van der Waals surface area contributed by atoms with Gasteiger partial charge in [-0.25, -0.2) is 13.4 Å². The summed E-state index contributed by atoms with van der Waals surface area (Å²) in [6.45, 7) is 4.10. The van der Waals surface area contributed by atoms with E-state index in [1.165, 1.54) is 17.3 Å². The molecule has 1 saturated heterocycles. The summed E-state index contributed by atoms with van der Waals surface area (Å²) in [6, 6.07) is 9.15. The molecular formula is C18H21N3O3S. The summed E-state index contributed by atoms with van der Waals surface area (Å²) in [7, 11) is -3.01. The fraction of sp³-hybridized carbons (Fsp3) is 0.333. The Hall–Kier alpha value is -2.41. The number of pyridine rings is 1. The van der Waals surface area contributed by atoms with E-state index in [4.69, 9.17) is 0 Å². The number of sulfone groups is 1. The van der Waals surface area contributed by atoms with E-state index in [9.17, 15) is 13.2 Å². The number of rotatable bonds is 4. The van der Waals surface area contributed by atoms with Gasteiger partial charge in [-0.3, -0.25) is 4.79 Å². The van der Waals surface area contributed by atoms with Gasteiger partial charge in [0.1, 0.15) is 5.82 Å². The molecule has 1 fully saturated rings. The molecule has 0 saturated carbocycles. The van der Waals surface area contributed by atoms with Gasteiger partial charge in [0.25, 0.3) is 5.91 Å². The Morgan fingerprint density at radius 3 is 2.56 bits per heavy atom. The quantitative estimate of drug-likeness (QED) is 0.875. The third-order valence-electron chi connectivity index (χ3n) is 4.37. The monoisotopic (exact) mass is 359 g/mol. The van der Waals surface area contributed by atoms with Crippen molar-refractivity contribution in [1.82, 2.24) is 10.3 Å². The zero-order valence-corrected chi connectivity index (χ0v) is 15.1. The molecule has 1 amide bonds. The number of amides is 1. The smallest absolute Gasteiger partial charge is 0.253 e. The molecule has 1 aliphatic heterocycles. The number of hydrogen-bond donors (Lipinski definition) is 2. The van der Waals surface area contributed by atoms with Gasteiger partial charge < -0.3 is 10.6 Å². The first-order chi connectivity index (χ1) is 11.8. The lowest BCUT2D eigenvalue weighted by molar-refractivity contribution is 0.0941. The van der Waals surface area contributed by atoms with Crippen LogP contribution in [0.4, 0.5) is 11.5 Å². The Morgan fingerprint density at radius 2 is 1.96 bits per heavy atom. The molecule has 0 bridgehead atoms. The van der Waals surface area contributed by atoms with Crippen LogP contribution in [0, 0.1) is 13.8 Å². The minimum absolute atomic E-state index is 0.0125. The molecule has 7 heteroatoms. The SMILES string of the molecule is Cc1ccc(Nc2ccc(C(=O)NC3CCS(=O)(=O)C3)cn2)cc1C. The fourth-order valence-corrected chi connectivity index (χ4v) is 4.42. The van der Waals surface area contributed by atoms with Crippen molar-refractivity contribution in [2.24, 2.45) is 0 Å². The van der Waals surface area contributed by atoms with Crippen molar-refractivity contribution in [3.63, 3.8) is 0 Å². The summed E-state index contributed by atoms with van der Waals surface area (Å²) in [5.74, 6) is 0.490.